The van der Waals surface area contributed by atoms with Gasteiger partial charge in [-0.3, -0.25) is 19.2 Å². The summed E-state index contributed by atoms with van der Waals surface area (Å²) < 4.78 is 1.93. The largest absolute Gasteiger partial charge is 0.483 e. The zero-order valence-electron chi connectivity index (χ0n) is 17.5. The van der Waals surface area contributed by atoms with Gasteiger partial charge in [-0.1, -0.05) is 6.07 Å². The summed E-state index contributed by atoms with van der Waals surface area (Å²) in [4.78, 5) is 48.7. The average Bonchev–Trinajstić information content (AvgIpc) is 3.22. The number of nitrogens with zero attached hydrogens (tertiary/aromatic N) is 3. The minimum absolute atomic E-state index is 0.0327. The molecule has 32 heavy (non-hydrogen) atoms. The lowest BCUT2D eigenvalue weighted by molar-refractivity contribution is -0.126. The molecule has 1 aliphatic heterocycles. The van der Waals surface area contributed by atoms with Crippen LogP contribution in [0.1, 0.15) is 44.2 Å². The highest BCUT2D eigenvalue weighted by Crippen LogP contribution is 2.24. The van der Waals surface area contributed by atoms with E-state index < -0.39 is 0 Å². The molecule has 3 amide bonds. The van der Waals surface area contributed by atoms with E-state index in [9.17, 15) is 14.4 Å². The van der Waals surface area contributed by atoms with Gasteiger partial charge in [0.25, 0.3) is 12.4 Å². The van der Waals surface area contributed by atoms with Crippen LogP contribution in [0.3, 0.4) is 0 Å². The van der Waals surface area contributed by atoms with E-state index >= 15 is 0 Å². The van der Waals surface area contributed by atoms with Gasteiger partial charge in [0.15, 0.2) is 0 Å². The molecule has 1 saturated carbocycles. The van der Waals surface area contributed by atoms with E-state index in [1.54, 1.807) is 0 Å². The molecular weight excluding hydrogens is 416 g/mol. The molecule has 1 aliphatic carbocycles. The van der Waals surface area contributed by atoms with Crippen LogP contribution in [0.2, 0.25) is 0 Å². The third-order valence-corrected chi connectivity index (χ3v) is 5.46. The summed E-state index contributed by atoms with van der Waals surface area (Å²) in [6.45, 7) is 0.155. The Morgan fingerprint density at radius 3 is 2.62 bits per heavy atom. The van der Waals surface area contributed by atoms with E-state index in [4.69, 9.17) is 9.90 Å². The van der Waals surface area contributed by atoms with Crippen molar-refractivity contribution in [1.29, 1.82) is 0 Å². The maximum absolute atomic E-state index is 12.5. The smallest absolute Gasteiger partial charge is 0.290 e. The monoisotopic (exact) mass is 442 g/mol. The predicted molar refractivity (Wildman–Crippen MR) is 114 cm³/mol. The number of hydrogen-bond donors (Lipinski definition) is 4. The molecule has 0 saturated heterocycles. The Morgan fingerprint density at radius 2 is 1.97 bits per heavy atom. The summed E-state index contributed by atoms with van der Waals surface area (Å²) in [5.41, 5.74) is 4.38. The fraction of sp³-hybridized carbons (Fsp3) is 0.429. The van der Waals surface area contributed by atoms with Gasteiger partial charge in [-0.25, -0.2) is 10.4 Å². The minimum atomic E-state index is -0.250. The molecule has 1 fully saturated rings. The molecule has 2 aromatic heterocycles. The number of carbonyl (C=O) groups is 4. The fourth-order valence-corrected chi connectivity index (χ4v) is 3.80. The van der Waals surface area contributed by atoms with Crippen LogP contribution in [-0.4, -0.2) is 50.4 Å². The van der Waals surface area contributed by atoms with E-state index in [2.05, 4.69) is 26.1 Å². The number of aromatic nitrogens is 2. The van der Waals surface area contributed by atoms with Crippen molar-refractivity contribution < 1.29 is 24.3 Å². The number of hydrogen-bond acceptors (Lipinski definition) is 6. The molecule has 0 aromatic carbocycles. The normalized spacial score (nSPS) is 20.2. The second kappa shape index (κ2) is 11.0. The third kappa shape index (κ3) is 6.13. The quantitative estimate of drug-likeness (QED) is 0.497. The van der Waals surface area contributed by atoms with Crippen LogP contribution in [0.25, 0.3) is 5.65 Å². The highest BCUT2D eigenvalue weighted by Gasteiger charge is 2.28. The van der Waals surface area contributed by atoms with Crippen LogP contribution in [0.4, 0.5) is 0 Å². The second-order valence-electron chi connectivity index (χ2n) is 7.64. The van der Waals surface area contributed by atoms with Crippen LogP contribution < -0.4 is 16.1 Å². The van der Waals surface area contributed by atoms with E-state index in [1.165, 1.54) is 0 Å². The Kier molecular flexibility index (Phi) is 7.90. The fourth-order valence-electron chi connectivity index (χ4n) is 3.80. The number of carbonyl (C=O) groups excluding carboxylic acids is 3. The Bertz CT molecular complexity index is 976. The number of hydrazone groups is 1. The molecule has 170 valence electrons. The topological polar surface area (TPSA) is 154 Å². The van der Waals surface area contributed by atoms with Gasteiger partial charge in [0, 0.05) is 37.2 Å². The summed E-state index contributed by atoms with van der Waals surface area (Å²) in [7, 11) is 0. The van der Waals surface area contributed by atoms with Gasteiger partial charge in [0.1, 0.15) is 11.4 Å². The number of rotatable bonds is 5. The van der Waals surface area contributed by atoms with E-state index in [1.807, 2.05) is 35.0 Å². The van der Waals surface area contributed by atoms with E-state index in [0.717, 1.165) is 37.0 Å². The lowest BCUT2D eigenvalue weighted by atomic mass is 9.85. The molecule has 0 bridgehead atoms. The molecule has 0 spiro atoms. The number of pyridine rings is 1. The highest BCUT2D eigenvalue weighted by molar-refractivity contribution is 6.39. The Hall–Kier alpha value is -3.76. The predicted octanol–water partition coefficient (Wildman–Crippen LogP) is 0.592. The molecule has 0 atom stereocenters. The highest BCUT2D eigenvalue weighted by atomic mass is 16.3. The van der Waals surface area contributed by atoms with Gasteiger partial charge in [-0.05, 0) is 37.8 Å². The van der Waals surface area contributed by atoms with Crippen molar-refractivity contribution >= 4 is 35.6 Å². The van der Waals surface area contributed by atoms with Gasteiger partial charge in [-0.15, -0.1) is 0 Å². The van der Waals surface area contributed by atoms with Gasteiger partial charge < -0.3 is 20.1 Å². The lowest BCUT2D eigenvalue weighted by Crippen LogP contribution is -2.44. The number of amides is 3. The Balaban J connectivity index is 0.000000913. The lowest BCUT2D eigenvalue weighted by Gasteiger charge is -2.28. The first kappa shape index (κ1) is 22.9. The summed E-state index contributed by atoms with van der Waals surface area (Å²) in [6.07, 6.45) is 7.43. The maximum atomic E-state index is 12.5. The van der Waals surface area contributed by atoms with Crippen molar-refractivity contribution in [2.24, 2.45) is 11.0 Å². The molecule has 2 aromatic rings. The third-order valence-electron chi connectivity index (χ3n) is 5.46. The molecule has 4 rings (SSSR count). The molecule has 0 unspecified atom stereocenters. The number of carboxylic acid groups (broad SMARTS) is 1. The first-order valence-corrected chi connectivity index (χ1v) is 10.4. The van der Waals surface area contributed by atoms with Crippen molar-refractivity contribution in [3.8, 4) is 0 Å². The van der Waals surface area contributed by atoms with Gasteiger partial charge in [0.05, 0.1) is 12.2 Å². The van der Waals surface area contributed by atoms with E-state index in [-0.39, 0.29) is 42.6 Å². The number of fused-ring (bicyclic) bond motifs is 1. The van der Waals surface area contributed by atoms with Gasteiger partial charge >= 0.3 is 0 Å². The summed E-state index contributed by atoms with van der Waals surface area (Å²) >= 11 is 0. The number of imidazole rings is 1. The second-order valence-corrected chi connectivity index (χ2v) is 7.64. The zero-order chi connectivity index (χ0) is 22.9. The SMILES string of the molecule is O=C1CCC(C(=O)NC2CCC(C(=O)NCc3cn4ccccc4n3)CC2)=NN1.O=CO. The summed E-state index contributed by atoms with van der Waals surface area (Å²) in [6, 6.07) is 5.82. The van der Waals surface area contributed by atoms with Crippen LogP contribution in [-0.2, 0) is 25.7 Å². The molecular formula is C21H26N6O5. The first-order valence-electron chi connectivity index (χ1n) is 10.4. The van der Waals surface area contributed by atoms with Gasteiger partial charge in [0.2, 0.25) is 11.8 Å². The van der Waals surface area contributed by atoms with Crippen LogP contribution >= 0.6 is 0 Å². The molecule has 4 N–H and O–H groups in total. The molecule has 11 nitrogen and oxygen atoms in total. The van der Waals surface area contributed by atoms with Crippen molar-refractivity contribution in [3.05, 3.63) is 36.3 Å². The van der Waals surface area contributed by atoms with Crippen LogP contribution in [0, 0.1) is 5.92 Å². The molecule has 0 radical (unpaired) electrons. The molecule has 3 heterocycles. The van der Waals surface area contributed by atoms with Crippen LogP contribution in [0.5, 0.6) is 0 Å². The molecule has 2 aliphatic rings. The van der Waals surface area contributed by atoms with Crippen molar-refractivity contribution in [1.82, 2.24) is 25.4 Å². The van der Waals surface area contributed by atoms with Crippen LogP contribution in [0.15, 0.2) is 35.7 Å². The average molecular weight is 442 g/mol. The van der Waals surface area contributed by atoms with Gasteiger partial charge in [-0.2, -0.15) is 5.10 Å². The first-order chi connectivity index (χ1) is 15.5. The minimum Gasteiger partial charge on any atom is -0.483 e. The molecule has 11 heteroatoms. The van der Waals surface area contributed by atoms with Crippen molar-refractivity contribution in [3.63, 3.8) is 0 Å². The Morgan fingerprint density at radius 1 is 1.22 bits per heavy atom. The number of nitrogens with one attached hydrogen (secondary N) is 3. The summed E-state index contributed by atoms with van der Waals surface area (Å²) in [5, 5.41) is 16.7. The summed E-state index contributed by atoms with van der Waals surface area (Å²) in [5.74, 6) is -0.417. The van der Waals surface area contributed by atoms with Crippen molar-refractivity contribution in [2.45, 2.75) is 51.1 Å². The van der Waals surface area contributed by atoms with Crippen molar-refractivity contribution in [2.75, 3.05) is 0 Å². The Labute approximate surface area is 184 Å². The maximum Gasteiger partial charge on any atom is 0.290 e. The van der Waals surface area contributed by atoms with E-state index in [0.29, 0.717) is 18.7 Å². The standard InChI is InChI=1S/C20H24N6O3.CH2O2/c27-18-9-8-16(24-25-18)20(29)23-14-6-4-13(5-7-14)19(28)21-11-15-12-26-10-2-1-3-17(26)22-15;2-1-3/h1-3,10,12-14H,4-9,11H2,(H,21,28)(H,23,29)(H,25,27);1H,(H,2,3). The zero-order valence-corrected chi connectivity index (χ0v) is 17.5.